The number of nitrogens with one attached hydrogen (secondary N) is 1. The molecule has 5 heteroatoms. The van der Waals surface area contributed by atoms with E-state index < -0.39 is 0 Å². The fraction of sp³-hybridized carbons (Fsp3) is 0.778. The standard InChI is InChI=1S/C18H33N5/c1-7-19-16(23-14-17(3,4)18(23,5)6)21-10-8-9-12-22-13-11-20-15(22)2/h11,13H,7-10,12,14H2,1-6H3,(H,19,21). The first kappa shape index (κ1) is 17.8. The number of nitrogens with zero attached hydrogens (tertiary/aromatic N) is 4. The number of hydrogen-bond acceptors (Lipinski definition) is 2. The minimum Gasteiger partial charge on any atom is -0.356 e. The molecule has 0 aromatic carbocycles. The summed E-state index contributed by atoms with van der Waals surface area (Å²) in [6.45, 7) is 17.4. The van der Waals surface area contributed by atoms with Gasteiger partial charge in [-0.1, -0.05) is 13.8 Å². The maximum atomic E-state index is 4.84. The van der Waals surface area contributed by atoms with Crippen LogP contribution in [0.15, 0.2) is 17.4 Å². The second-order valence-corrected chi connectivity index (χ2v) is 7.64. The lowest BCUT2D eigenvalue weighted by Gasteiger charge is -2.62. The number of likely N-dealkylation sites (tertiary alicyclic amines) is 1. The molecular formula is C18H33N5. The molecule has 1 aliphatic heterocycles. The normalized spacial score (nSPS) is 19.6. The molecule has 2 heterocycles. The second-order valence-electron chi connectivity index (χ2n) is 7.64. The molecule has 130 valence electrons. The van der Waals surface area contributed by atoms with Crippen molar-refractivity contribution < 1.29 is 0 Å². The summed E-state index contributed by atoms with van der Waals surface area (Å²) in [7, 11) is 0. The molecule has 1 aliphatic rings. The van der Waals surface area contributed by atoms with Crippen molar-refractivity contribution in [1.29, 1.82) is 0 Å². The Morgan fingerprint density at radius 2 is 2.04 bits per heavy atom. The molecule has 0 radical (unpaired) electrons. The predicted octanol–water partition coefficient (Wildman–Crippen LogP) is 3.06. The highest BCUT2D eigenvalue weighted by Crippen LogP contribution is 2.46. The zero-order valence-electron chi connectivity index (χ0n) is 15.7. The summed E-state index contributed by atoms with van der Waals surface area (Å²) in [6, 6.07) is 0. The first-order valence-corrected chi connectivity index (χ1v) is 8.83. The Balaban J connectivity index is 1.84. The predicted molar refractivity (Wildman–Crippen MR) is 96.7 cm³/mol. The van der Waals surface area contributed by atoms with Crippen molar-refractivity contribution in [2.45, 2.75) is 66.5 Å². The fourth-order valence-electron chi connectivity index (χ4n) is 3.01. The van der Waals surface area contributed by atoms with Gasteiger partial charge < -0.3 is 14.8 Å². The van der Waals surface area contributed by atoms with Gasteiger partial charge in [0, 0.05) is 49.5 Å². The Morgan fingerprint density at radius 3 is 2.57 bits per heavy atom. The van der Waals surface area contributed by atoms with E-state index in [1.807, 2.05) is 12.4 Å². The Morgan fingerprint density at radius 1 is 1.30 bits per heavy atom. The molecule has 0 bridgehead atoms. The van der Waals surface area contributed by atoms with Gasteiger partial charge in [-0.2, -0.15) is 0 Å². The van der Waals surface area contributed by atoms with E-state index in [4.69, 9.17) is 4.99 Å². The molecule has 0 amide bonds. The fourth-order valence-corrected chi connectivity index (χ4v) is 3.01. The van der Waals surface area contributed by atoms with Crippen molar-refractivity contribution in [3.05, 3.63) is 18.2 Å². The Kier molecular flexibility index (Phi) is 5.37. The van der Waals surface area contributed by atoms with Crippen LogP contribution < -0.4 is 5.32 Å². The van der Waals surface area contributed by atoms with E-state index in [2.05, 4.69) is 61.3 Å². The number of imidazole rings is 1. The Hall–Kier alpha value is -1.52. The molecule has 0 spiro atoms. The van der Waals surface area contributed by atoms with Gasteiger partial charge in [-0.25, -0.2) is 4.98 Å². The van der Waals surface area contributed by atoms with Gasteiger partial charge in [-0.05, 0) is 40.5 Å². The largest absolute Gasteiger partial charge is 0.356 e. The highest BCUT2D eigenvalue weighted by molar-refractivity contribution is 5.82. The summed E-state index contributed by atoms with van der Waals surface area (Å²) in [6.07, 6.45) is 6.15. The van der Waals surface area contributed by atoms with Gasteiger partial charge in [-0.15, -0.1) is 0 Å². The first-order chi connectivity index (χ1) is 10.8. The van der Waals surface area contributed by atoms with Crippen molar-refractivity contribution in [1.82, 2.24) is 19.8 Å². The highest BCUT2D eigenvalue weighted by Gasteiger charge is 2.53. The molecule has 0 unspecified atom stereocenters. The topological polar surface area (TPSA) is 45.5 Å². The van der Waals surface area contributed by atoms with E-state index in [-0.39, 0.29) is 5.54 Å². The third kappa shape index (κ3) is 3.70. The molecule has 0 atom stereocenters. The van der Waals surface area contributed by atoms with Crippen molar-refractivity contribution in [3.63, 3.8) is 0 Å². The van der Waals surface area contributed by atoms with Gasteiger partial charge >= 0.3 is 0 Å². The number of unbranched alkanes of at least 4 members (excludes halogenated alkanes) is 1. The molecule has 0 aliphatic carbocycles. The lowest BCUT2D eigenvalue weighted by molar-refractivity contribution is -0.0667. The van der Waals surface area contributed by atoms with Crippen LogP contribution in [0.3, 0.4) is 0 Å². The minimum atomic E-state index is 0.155. The molecular weight excluding hydrogens is 286 g/mol. The lowest BCUT2D eigenvalue weighted by Crippen LogP contribution is -2.72. The number of hydrogen-bond donors (Lipinski definition) is 1. The van der Waals surface area contributed by atoms with Gasteiger partial charge in [0.1, 0.15) is 5.82 Å². The monoisotopic (exact) mass is 319 g/mol. The van der Waals surface area contributed by atoms with Crippen LogP contribution in [-0.2, 0) is 6.54 Å². The number of aromatic nitrogens is 2. The zero-order chi connectivity index (χ0) is 17.1. The summed E-state index contributed by atoms with van der Waals surface area (Å²) < 4.78 is 2.20. The summed E-state index contributed by atoms with van der Waals surface area (Å²) in [5, 5.41) is 3.45. The molecule has 5 nitrogen and oxygen atoms in total. The molecule has 1 fully saturated rings. The molecule has 1 aromatic heterocycles. The van der Waals surface area contributed by atoms with Crippen molar-refractivity contribution in [3.8, 4) is 0 Å². The van der Waals surface area contributed by atoms with E-state index in [0.717, 1.165) is 50.8 Å². The van der Waals surface area contributed by atoms with Gasteiger partial charge in [0.2, 0.25) is 0 Å². The molecule has 2 rings (SSSR count). The van der Waals surface area contributed by atoms with Crippen LogP contribution in [0.2, 0.25) is 0 Å². The van der Waals surface area contributed by atoms with Gasteiger partial charge in [0.25, 0.3) is 0 Å². The summed E-state index contributed by atoms with van der Waals surface area (Å²) in [5.74, 6) is 2.15. The Bertz CT molecular complexity index is 541. The lowest BCUT2D eigenvalue weighted by atomic mass is 9.65. The third-order valence-corrected chi connectivity index (χ3v) is 5.47. The average molecular weight is 319 g/mol. The van der Waals surface area contributed by atoms with Crippen molar-refractivity contribution >= 4 is 5.96 Å². The molecule has 1 N–H and O–H groups in total. The van der Waals surface area contributed by atoms with Crippen LogP contribution in [-0.4, -0.2) is 45.6 Å². The number of aliphatic imine (C=N–C) groups is 1. The molecule has 0 saturated carbocycles. The molecule has 1 saturated heterocycles. The molecule has 23 heavy (non-hydrogen) atoms. The summed E-state index contributed by atoms with van der Waals surface area (Å²) in [4.78, 5) is 11.5. The molecule has 1 aromatic rings. The van der Waals surface area contributed by atoms with Gasteiger partial charge in [-0.3, -0.25) is 4.99 Å². The number of aryl methyl sites for hydroxylation is 2. The zero-order valence-corrected chi connectivity index (χ0v) is 15.7. The summed E-state index contributed by atoms with van der Waals surface area (Å²) >= 11 is 0. The van der Waals surface area contributed by atoms with Crippen LogP contribution in [0.5, 0.6) is 0 Å². The van der Waals surface area contributed by atoms with Crippen molar-refractivity contribution in [2.75, 3.05) is 19.6 Å². The quantitative estimate of drug-likeness (QED) is 0.498. The number of rotatable bonds is 6. The van der Waals surface area contributed by atoms with E-state index in [1.54, 1.807) is 0 Å². The SMILES string of the molecule is CCNC(=NCCCCn1ccnc1C)N1CC(C)(C)C1(C)C. The van der Waals surface area contributed by atoms with Crippen LogP contribution >= 0.6 is 0 Å². The van der Waals surface area contributed by atoms with E-state index in [1.165, 1.54) is 0 Å². The smallest absolute Gasteiger partial charge is 0.194 e. The summed E-state index contributed by atoms with van der Waals surface area (Å²) in [5.41, 5.74) is 0.490. The van der Waals surface area contributed by atoms with Gasteiger partial charge in [0.15, 0.2) is 5.96 Å². The highest BCUT2D eigenvalue weighted by atomic mass is 15.4. The maximum absolute atomic E-state index is 4.84. The second kappa shape index (κ2) is 6.93. The average Bonchev–Trinajstić information content (AvgIpc) is 2.89. The Labute approximate surface area is 141 Å². The third-order valence-electron chi connectivity index (χ3n) is 5.47. The van der Waals surface area contributed by atoms with E-state index >= 15 is 0 Å². The first-order valence-electron chi connectivity index (χ1n) is 8.83. The van der Waals surface area contributed by atoms with E-state index in [9.17, 15) is 0 Å². The maximum Gasteiger partial charge on any atom is 0.194 e. The van der Waals surface area contributed by atoms with Crippen LogP contribution in [0.1, 0.15) is 53.3 Å². The van der Waals surface area contributed by atoms with E-state index in [0.29, 0.717) is 5.41 Å². The van der Waals surface area contributed by atoms with Gasteiger partial charge in [0.05, 0.1) is 0 Å². The van der Waals surface area contributed by atoms with Crippen molar-refractivity contribution in [2.24, 2.45) is 10.4 Å². The number of guanidine groups is 1. The minimum absolute atomic E-state index is 0.155. The van der Waals surface area contributed by atoms with Crippen LogP contribution in [0.4, 0.5) is 0 Å². The van der Waals surface area contributed by atoms with Crippen LogP contribution in [0, 0.1) is 12.3 Å². The van der Waals surface area contributed by atoms with Crippen LogP contribution in [0.25, 0.3) is 0 Å².